The third-order valence-corrected chi connectivity index (χ3v) is 3.82. The van der Waals surface area contributed by atoms with E-state index in [9.17, 15) is 9.59 Å². The number of hydrogen-bond donors (Lipinski definition) is 1. The lowest BCUT2D eigenvalue weighted by atomic mass is 9.96. The smallest absolute Gasteiger partial charge is 0.281 e. The van der Waals surface area contributed by atoms with E-state index in [4.69, 9.17) is 11.6 Å². The van der Waals surface area contributed by atoms with Crippen LogP contribution >= 0.6 is 11.6 Å². The molecule has 0 aliphatic carbocycles. The van der Waals surface area contributed by atoms with Gasteiger partial charge in [0.05, 0.1) is 17.6 Å². The minimum absolute atomic E-state index is 0.163. The number of hydrogen-bond acceptors (Lipinski definition) is 4. The van der Waals surface area contributed by atoms with Crippen molar-refractivity contribution in [2.75, 3.05) is 10.2 Å². The van der Waals surface area contributed by atoms with Crippen molar-refractivity contribution in [2.24, 2.45) is 7.05 Å². The molecule has 2 aromatic rings. The number of rotatable bonds is 1. The van der Waals surface area contributed by atoms with Crippen LogP contribution in [0, 0.1) is 0 Å². The Labute approximate surface area is 131 Å². The number of carbonyl (C=O) groups excluding carboxylic acids is 2. The van der Waals surface area contributed by atoms with Crippen LogP contribution in [0.5, 0.6) is 0 Å². The number of aromatic nitrogens is 3. The predicted molar refractivity (Wildman–Crippen MR) is 82.0 cm³/mol. The highest BCUT2D eigenvalue weighted by Gasteiger charge is 2.44. The molecule has 0 saturated carbocycles. The Kier molecular flexibility index (Phi) is 3.17. The van der Waals surface area contributed by atoms with Crippen LogP contribution in [0.15, 0.2) is 24.4 Å². The van der Waals surface area contributed by atoms with Crippen molar-refractivity contribution in [1.82, 2.24) is 15.0 Å². The van der Waals surface area contributed by atoms with E-state index in [0.717, 1.165) is 0 Å². The van der Waals surface area contributed by atoms with E-state index >= 15 is 0 Å². The van der Waals surface area contributed by atoms with Crippen molar-refractivity contribution in [3.05, 3.63) is 35.1 Å². The first-order valence-electron chi connectivity index (χ1n) is 6.62. The van der Waals surface area contributed by atoms with Gasteiger partial charge in [0.15, 0.2) is 5.69 Å². The predicted octanol–water partition coefficient (Wildman–Crippen LogP) is 1.85. The van der Waals surface area contributed by atoms with Crippen molar-refractivity contribution in [1.29, 1.82) is 0 Å². The summed E-state index contributed by atoms with van der Waals surface area (Å²) in [6.07, 6.45) is 1.51. The highest BCUT2D eigenvalue weighted by molar-refractivity contribution is 6.31. The topological polar surface area (TPSA) is 80.1 Å². The van der Waals surface area contributed by atoms with Crippen molar-refractivity contribution >= 4 is 34.8 Å². The second-order valence-corrected chi connectivity index (χ2v) is 6.03. The molecule has 0 saturated heterocycles. The van der Waals surface area contributed by atoms with Crippen LogP contribution in [-0.4, -0.2) is 32.3 Å². The van der Waals surface area contributed by atoms with Gasteiger partial charge in [-0.25, -0.2) is 0 Å². The fraction of sp³-hybridized carbons (Fsp3) is 0.286. The van der Waals surface area contributed by atoms with Gasteiger partial charge in [0, 0.05) is 12.1 Å². The van der Waals surface area contributed by atoms with Crippen LogP contribution in [0.2, 0.25) is 5.02 Å². The maximum absolute atomic E-state index is 12.8. The molecule has 2 heterocycles. The average molecular weight is 320 g/mol. The summed E-state index contributed by atoms with van der Waals surface area (Å²) in [4.78, 5) is 26.6. The number of nitrogens with one attached hydrogen (secondary N) is 1. The van der Waals surface area contributed by atoms with Crippen molar-refractivity contribution < 1.29 is 9.59 Å². The zero-order chi connectivity index (χ0) is 16.1. The van der Waals surface area contributed by atoms with Gasteiger partial charge in [-0.1, -0.05) is 16.8 Å². The summed E-state index contributed by atoms with van der Waals surface area (Å²) >= 11 is 6.04. The third-order valence-electron chi connectivity index (χ3n) is 3.59. The van der Waals surface area contributed by atoms with Gasteiger partial charge in [0.25, 0.3) is 5.91 Å². The van der Waals surface area contributed by atoms with Gasteiger partial charge in [-0.3, -0.25) is 19.2 Å². The molecule has 0 unspecified atom stereocenters. The van der Waals surface area contributed by atoms with E-state index in [1.54, 1.807) is 39.1 Å². The summed E-state index contributed by atoms with van der Waals surface area (Å²) in [7, 11) is 1.67. The molecule has 8 heteroatoms. The number of aryl methyl sites for hydroxylation is 1. The summed E-state index contributed by atoms with van der Waals surface area (Å²) in [5.74, 6) is -0.684. The molecule has 1 aromatic carbocycles. The van der Waals surface area contributed by atoms with E-state index in [1.807, 2.05) is 0 Å². The van der Waals surface area contributed by atoms with Gasteiger partial charge >= 0.3 is 0 Å². The lowest BCUT2D eigenvalue weighted by Gasteiger charge is -2.41. The van der Waals surface area contributed by atoms with E-state index in [0.29, 0.717) is 16.4 Å². The first-order valence-corrected chi connectivity index (χ1v) is 7.00. The van der Waals surface area contributed by atoms with Crippen LogP contribution < -0.4 is 10.2 Å². The molecule has 1 aliphatic heterocycles. The number of halogens is 1. The first-order chi connectivity index (χ1) is 10.3. The van der Waals surface area contributed by atoms with Crippen molar-refractivity contribution in [3.8, 4) is 0 Å². The highest BCUT2D eigenvalue weighted by atomic mass is 35.5. The normalized spacial score (nSPS) is 16.2. The SMILES string of the molecule is Cn1cc(C(=O)N2c3cc(Cl)ccc3NC(=O)C2(C)C)nn1. The number of fused-ring (bicyclic) bond motifs is 1. The molecule has 1 aromatic heterocycles. The maximum Gasteiger partial charge on any atom is 0.281 e. The standard InChI is InChI=1S/C14H14ClN5O2/c1-14(2)13(22)16-9-5-4-8(15)6-11(9)20(14)12(21)10-7-19(3)18-17-10/h4-7H,1-3H3,(H,16,22). The number of benzene rings is 1. The molecule has 114 valence electrons. The van der Waals surface area contributed by atoms with E-state index < -0.39 is 11.4 Å². The maximum atomic E-state index is 12.8. The van der Waals surface area contributed by atoms with E-state index in [2.05, 4.69) is 15.6 Å². The molecule has 0 radical (unpaired) electrons. The summed E-state index contributed by atoms with van der Waals surface area (Å²) in [6.45, 7) is 3.33. The minimum atomic E-state index is -1.08. The minimum Gasteiger partial charge on any atom is -0.322 e. The molecule has 1 N–H and O–H groups in total. The molecule has 7 nitrogen and oxygen atoms in total. The summed E-state index contributed by atoms with van der Waals surface area (Å²) < 4.78 is 1.43. The van der Waals surface area contributed by atoms with Gasteiger partial charge in [-0.05, 0) is 32.0 Å². The number of amides is 2. The molecule has 0 bridgehead atoms. The average Bonchev–Trinajstić information content (AvgIpc) is 2.87. The fourth-order valence-electron chi connectivity index (χ4n) is 2.40. The van der Waals surface area contributed by atoms with Gasteiger partial charge in [0.1, 0.15) is 5.54 Å². The monoisotopic (exact) mass is 319 g/mol. The Morgan fingerprint density at radius 3 is 2.73 bits per heavy atom. The van der Waals surface area contributed by atoms with E-state index in [-0.39, 0.29) is 11.6 Å². The first kappa shape index (κ1) is 14.5. The Hall–Kier alpha value is -2.41. The zero-order valence-corrected chi connectivity index (χ0v) is 13.0. The van der Waals surface area contributed by atoms with Crippen LogP contribution in [0.3, 0.4) is 0 Å². The summed E-state index contributed by atoms with van der Waals surface area (Å²) in [5.41, 5.74) is 0.154. The van der Waals surface area contributed by atoms with E-state index in [1.165, 1.54) is 15.8 Å². The summed E-state index contributed by atoms with van der Waals surface area (Å²) in [5, 5.41) is 10.9. The number of anilines is 2. The Bertz CT molecular complexity index is 783. The largest absolute Gasteiger partial charge is 0.322 e. The Morgan fingerprint density at radius 2 is 2.09 bits per heavy atom. The summed E-state index contributed by atoms with van der Waals surface area (Å²) in [6, 6.07) is 4.97. The molecule has 1 aliphatic rings. The van der Waals surface area contributed by atoms with Crippen molar-refractivity contribution in [2.45, 2.75) is 19.4 Å². The van der Waals surface area contributed by atoms with Gasteiger partial charge in [-0.2, -0.15) is 0 Å². The fourth-order valence-corrected chi connectivity index (χ4v) is 2.56. The quantitative estimate of drug-likeness (QED) is 0.870. The van der Waals surface area contributed by atoms with Gasteiger partial charge in [-0.15, -0.1) is 5.10 Å². The van der Waals surface area contributed by atoms with Crippen LogP contribution in [0.25, 0.3) is 0 Å². The lowest BCUT2D eigenvalue weighted by Crippen LogP contribution is -2.58. The Balaban J connectivity index is 2.16. The molecular formula is C14H14ClN5O2. The highest BCUT2D eigenvalue weighted by Crippen LogP contribution is 2.39. The molecule has 22 heavy (non-hydrogen) atoms. The second-order valence-electron chi connectivity index (χ2n) is 5.59. The van der Waals surface area contributed by atoms with Crippen molar-refractivity contribution in [3.63, 3.8) is 0 Å². The molecule has 3 rings (SSSR count). The van der Waals surface area contributed by atoms with Gasteiger partial charge < -0.3 is 5.32 Å². The van der Waals surface area contributed by atoms with Crippen LogP contribution in [0.4, 0.5) is 11.4 Å². The number of carbonyl (C=O) groups is 2. The third kappa shape index (κ3) is 2.14. The molecule has 2 amide bonds. The molecule has 0 fully saturated rings. The number of nitrogens with zero attached hydrogens (tertiary/aromatic N) is 4. The second kappa shape index (κ2) is 4.81. The molecular weight excluding hydrogens is 306 g/mol. The molecule has 0 atom stereocenters. The lowest BCUT2D eigenvalue weighted by molar-refractivity contribution is -0.120. The zero-order valence-electron chi connectivity index (χ0n) is 12.3. The van der Waals surface area contributed by atoms with Gasteiger partial charge in [0.2, 0.25) is 5.91 Å². The Morgan fingerprint density at radius 1 is 1.36 bits per heavy atom. The molecule has 0 spiro atoms. The van der Waals surface area contributed by atoms with Crippen LogP contribution in [0.1, 0.15) is 24.3 Å². The van der Waals surface area contributed by atoms with Crippen LogP contribution in [-0.2, 0) is 11.8 Å².